The minimum Gasteiger partial charge on any atom is -0.480 e. The molecular weight excluding hydrogens is 338 g/mol. The lowest BCUT2D eigenvalue weighted by atomic mass is 10.1. The number of carbonyl (C=O) groups is 3. The molecule has 1 aromatic rings. The fourth-order valence-electron chi connectivity index (χ4n) is 2.49. The summed E-state index contributed by atoms with van der Waals surface area (Å²) in [4.78, 5) is 36.9. The van der Waals surface area contributed by atoms with Gasteiger partial charge < -0.3 is 20.5 Å². The molecule has 1 aromatic carbocycles. The highest BCUT2D eigenvalue weighted by Crippen LogP contribution is 2.17. The van der Waals surface area contributed by atoms with Gasteiger partial charge in [-0.15, -0.1) is 0 Å². The summed E-state index contributed by atoms with van der Waals surface area (Å²) in [6.45, 7) is 7.01. The van der Waals surface area contributed by atoms with Gasteiger partial charge in [0.05, 0.1) is 5.60 Å². The lowest BCUT2D eigenvalue weighted by molar-refractivity contribution is -0.140. The monoisotopic (exact) mass is 363 g/mol. The van der Waals surface area contributed by atoms with Gasteiger partial charge >= 0.3 is 12.0 Å². The standard InChI is InChI=1S/C18H25N3O5/c1-18(2,3)26-11-8-14(16(23)24)20-15(22)12-4-6-13(7-5-12)21-10-9-19-17(21)25/h4-7,14H,8-11H2,1-3H3,(H,19,25)(H,20,22)(H,23,24). The first-order chi connectivity index (χ1) is 12.2. The zero-order valence-electron chi connectivity index (χ0n) is 15.2. The van der Waals surface area contributed by atoms with Crippen molar-refractivity contribution in [2.45, 2.75) is 38.8 Å². The van der Waals surface area contributed by atoms with E-state index in [2.05, 4.69) is 10.6 Å². The molecule has 1 heterocycles. The van der Waals surface area contributed by atoms with Gasteiger partial charge in [-0.3, -0.25) is 9.69 Å². The molecule has 8 nitrogen and oxygen atoms in total. The molecule has 0 bridgehead atoms. The Hall–Kier alpha value is -2.61. The number of nitrogens with zero attached hydrogens (tertiary/aromatic N) is 1. The van der Waals surface area contributed by atoms with Gasteiger partial charge in [0.25, 0.3) is 5.91 Å². The second-order valence-electron chi connectivity index (χ2n) is 7.04. The van der Waals surface area contributed by atoms with Crippen LogP contribution >= 0.6 is 0 Å². The van der Waals surface area contributed by atoms with E-state index in [-0.39, 0.29) is 24.7 Å². The highest BCUT2D eigenvalue weighted by molar-refractivity contribution is 5.98. The third kappa shape index (κ3) is 5.45. The van der Waals surface area contributed by atoms with Gasteiger partial charge in [-0.05, 0) is 45.0 Å². The third-order valence-electron chi connectivity index (χ3n) is 3.84. The van der Waals surface area contributed by atoms with Crippen molar-refractivity contribution in [1.82, 2.24) is 10.6 Å². The molecule has 3 amide bonds. The lowest BCUT2D eigenvalue weighted by Gasteiger charge is -2.21. The molecule has 1 aliphatic heterocycles. The maximum atomic E-state index is 12.3. The van der Waals surface area contributed by atoms with Crippen molar-refractivity contribution in [3.8, 4) is 0 Å². The summed E-state index contributed by atoms with van der Waals surface area (Å²) in [6, 6.07) is 5.26. The Balaban J connectivity index is 1.96. The average Bonchev–Trinajstić information content (AvgIpc) is 2.98. The molecule has 0 radical (unpaired) electrons. The van der Waals surface area contributed by atoms with Crippen LogP contribution in [0.25, 0.3) is 0 Å². The van der Waals surface area contributed by atoms with Crippen LogP contribution in [-0.4, -0.2) is 54.4 Å². The second-order valence-corrected chi connectivity index (χ2v) is 7.04. The number of urea groups is 1. The molecule has 1 unspecified atom stereocenters. The summed E-state index contributed by atoms with van der Waals surface area (Å²) in [7, 11) is 0. The number of ether oxygens (including phenoxy) is 1. The van der Waals surface area contributed by atoms with Crippen LogP contribution in [0.2, 0.25) is 0 Å². The molecular formula is C18H25N3O5. The van der Waals surface area contributed by atoms with Crippen LogP contribution in [0.15, 0.2) is 24.3 Å². The number of anilines is 1. The highest BCUT2D eigenvalue weighted by Gasteiger charge is 2.23. The summed E-state index contributed by atoms with van der Waals surface area (Å²) < 4.78 is 5.52. The van der Waals surface area contributed by atoms with E-state index in [4.69, 9.17) is 4.74 Å². The SMILES string of the molecule is CC(C)(C)OCCC(NC(=O)c1ccc(N2CCNC2=O)cc1)C(=O)O. The van der Waals surface area contributed by atoms with Crippen molar-refractivity contribution < 1.29 is 24.2 Å². The number of aliphatic carboxylic acids is 1. The fraction of sp³-hybridized carbons (Fsp3) is 0.500. The molecule has 142 valence electrons. The van der Waals surface area contributed by atoms with Gasteiger partial charge in [0.1, 0.15) is 6.04 Å². The quantitative estimate of drug-likeness (QED) is 0.682. The van der Waals surface area contributed by atoms with Crippen molar-refractivity contribution in [3.05, 3.63) is 29.8 Å². The van der Waals surface area contributed by atoms with Crippen LogP contribution in [0.1, 0.15) is 37.6 Å². The molecule has 1 fully saturated rings. The van der Waals surface area contributed by atoms with Crippen LogP contribution in [0, 0.1) is 0 Å². The van der Waals surface area contributed by atoms with Gasteiger partial charge in [0.2, 0.25) is 0 Å². The number of carbonyl (C=O) groups excluding carboxylic acids is 2. The van der Waals surface area contributed by atoms with Crippen molar-refractivity contribution >= 4 is 23.6 Å². The van der Waals surface area contributed by atoms with E-state index in [0.717, 1.165) is 0 Å². The predicted molar refractivity (Wildman–Crippen MR) is 96.4 cm³/mol. The summed E-state index contributed by atoms with van der Waals surface area (Å²) in [6.07, 6.45) is 0.171. The minimum atomic E-state index is -1.11. The van der Waals surface area contributed by atoms with E-state index in [1.165, 1.54) is 0 Å². The molecule has 1 atom stereocenters. The molecule has 0 aromatic heterocycles. The molecule has 1 aliphatic rings. The zero-order chi connectivity index (χ0) is 19.3. The van der Waals surface area contributed by atoms with E-state index in [0.29, 0.717) is 24.3 Å². The fourth-order valence-corrected chi connectivity index (χ4v) is 2.49. The first kappa shape index (κ1) is 19.7. The van der Waals surface area contributed by atoms with Crippen LogP contribution in [0.5, 0.6) is 0 Å². The Morgan fingerprint density at radius 3 is 2.46 bits per heavy atom. The van der Waals surface area contributed by atoms with Crippen LogP contribution in [0.3, 0.4) is 0 Å². The lowest BCUT2D eigenvalue weighted by Crippen LogP contribution is -2.42. The number of hydrogen-bond donors (Lipinski definition) is 3. The summed E-state index contributed by atoms with van der Waals surface area (Å²) in [5.74, 6) is -1.59. The number of nitrogens with one attached hydrogen (secondary N) is 2. The first-order valence-electron chi connectivity index (χ1n) is 8.50. The molecule has 26 heavy (non-hydrogen) atoms. The van der Waals surface area contributed by atoms with Crippen molar-refractivity contribution in [3.63, 3.8) is 0 Å². The maximum Gasteiger partial charge on any atom is 0.326 e. The zero-order valence-corrected chi connectivity index (χ0v) is 15.2. The summed E-state index contributed by atoms with van der Waals surface area (Å²) in [5.41, 5.74) is 0.645. The molecule has 2 rings (SSSR count). The van der Waals surface area contributed by atoms with E-state index < -0.39 is 17.9 Å². The molecule has 0 saturated carbocycles. The van der Waals surface area contributed by atoms with Gasteiger partial charge in [-0.2, -0.15) is 0 Å². The molecule has 0 spiro atoms. The largest absolute Gasteiger partial charge is 0.480 e. The van der Waals surface area contributed by atoms with Gasteiger partial charge in [-0.25, -0.2) is 9.59 Å². The van der Waals surface area contributed by atoms with Crippen LogP contribution < -0.4 is 15.5 Å². The Bertz CT molecular complexity index is 666. The van der Waals surface area contributed by atoms with Gasteiger partial charge in [0, 0.05) is 37.4 Å². The number of rotatable bonds is 7. The van der Waals surface area contributed by atoms with E-state index in [1.807, 2.05) is 20.8 Å². The maximum absolute atomic E-state index is 12.3. The third-order valence-corrected chi connectivity index (χ3v) is 3.84. The Morgan fingerprint density at radius 1 is 1.31 bits per heavy atom. The minimum absolute atomic E-state index is 0.171. The number of benzene rings is 1. The van der Waals surface area contributed by atoms with Crippen LogP contribution in [-0.2, 0) is 9.53 Å². The Kier molecular flexibility index (Phi) is 6.20. The summed E-state index contributed by atoms with van der Waals surface area (Å²) >= 11 is 0. The van der Waals surface area contributed by atoms with E-state index in [9.17, 15) is 19.5 Å². The number of hydrogen-bond acceptors (Lipinski definition) is 4. The molecule has 8 heteroatoms. The number of carboxylic acid groups (broad SMARTS) is 1. The normalized spacial score (nSPS) is 15.5. The predicted octanol–water partition coefficient (Wildman–Crippen LogP) is 1.60. The van der Waals surface area contributed by atoms with E-state index in [1.54, 1.807) is 29.2 Å². The van der Waals surface area contributed by atoms with E-state index >= 15 is 0 Å². The highest BCUT2D eigenvalue weighted by atomic mass is 16.5. The smallest absolute Gasteiger partial charge is 0.326 e. The second kappa shape index (κ2) is 8.18. The number of amides is 3. The van der Waals surface area contributed by atoms with Crippen LogP contribution in [0.4, 0.5) is 10.5 Å². The average molecular weight is 363 g/mol. The topological polar surface area (TPSA) is 108 Å². The first-order valence-corrected chi connectivity index (χ1v) is 8.50. The number of carboxylic acids is 1. The van der Waals surface area contributed by atoms with Gasteiger partial charge in [0.15, 0.2) is 0 Å². The molecule has 3 N–H and O–H groups in total. The molecule has 1 saturated heterocycles. The van der Waals surface area contributed by atoms with Crippen molar-refractivity contribution in [2.24, 2.45) is 0 Å². The van der Waals surface area contributed by atoms with Crippen molar-refractivity contribution in [1.29, 1.82) is 0 Å². The Labute approximate surface area is 152 Å². The van der Waals surface area contributed by atoms with Gasteiger partial charge in [-0.1, -0.05) is 0 Å². The Morgan fingerprint density at radius 2 is 1.96 bits per heavy atom. The molecule has 0 aliphatic carbocycles. The summed E-state index contributed by atoms with van der Waals surface area (Å²) in [5, 5.41) is 14.5. The van der Waals surface area contributed by atoms with Crippen molar-refractivity contribution in [2.75, 3.05) is 24.6 Å².